The lowest BCUT2D eigenvalue weighted by atomic mass is 9.72. The van der Waals surface area contributed by atoms with Gasteiger partial charge in [-0.25, -0.2) is 0 Å². The monoisotopic (exact) mass is 340 g/mol. The van der Waals surface area contributed by atoms with Gasteiger partial charge in [0.15, 0.2) is 0 Å². The van der Waals surface area contributed by atoms with Crippen LogP contribution >= 0.6 is 0 Å². The fraction of sp³-hybridized carbons (Fsp3) is 0.294. The molecule has 8 nitrogen and oxygen atoms in total. The second-order valence-electron chi connectivity index (χ2n) is 6.00. The summed E-state index contributed by atoms with van der Waals surface area (Å²) in [5.41, 5.74) is 0.744. The van der Waals surface area contributed by atoms with Crippen LogP contribution in [-0.4, -0.2) is 41.1 Å². The molecule has 2 aromatic rings. The lowest BCUT2D eigenvalue weighted by Crippen LogP contribution is -2.47. The molecule has 0 bridgehead atoms. The molecule has 0 saturated heterocycles. The molecule has 0 aliphatic carbocycles. The van der Waals surface area contributed by atoms with Crippen molar-refractivity contribution in [2.75, 3.05) is 23.4 Å². The van der Waals surface area contributed by atoms with Crippen molar-refractivity contribution < 1.29 is 19.1 Å². The number of fused-ring (bicyclic) bond motifs is 4. The zero-order chi connectivity index (χ0) is 17.6. The van der Waals surface area contributed by atoms with E-state index in [0.717, 1.165) is 0 Å². The molecule has 2 amide bonds. The zero-order valence-corrected chi connectivity index (χ0v) is 13.5. The van der Waals surface area contributed by atoms with Gasteiger partial charge in [0.1, 0.15) is 17.8 Å². The number of hydrogen-bond acceptors (Lipinski definition) is 5. The molecule has 0 fully saturated rings. The molecule has 1 aromatic carbocycles. The molecule has 25 heavy (non-hydrogen) atoms. The minimum atomic E-state index is -1.17. The van der Waals surface area contributed by atoms with E-state index in [2.05, 4.69) is 15.5 Å². The number of aromatic amines is 1. The van der Waals surface area contributed by atoms with Crippen molar-refractivity contribution in [2.24, 2.45) is 0 Å². The van der Waals surface area contributed by atoms with Gasteiger partial charge in [0.25, 0.3) is 0 Å². The number of ether oxygens (including phenoxy) is 1. The minimum Gasteiger partial charge on any atom is -0.465 e. The summed E-state index contributed by atoms with van der Waals surface area (Å²) in [6.07, 6.45) is 1.52. The number of nitrogens with one attached hydrogen (secondary N) is 2. The lowest BCUT2D eigenvalue weighted by Gasteiger charge is -2.31. The van der Waals surface area contributed by atoms with Crippen LogP contribution in [0.1, 0.15) is 24.5 Å². The Morgan fingerprint density at radius 3 is 2.92 bits per heavy atom. The SMILES string of the molecule is CCOC(=O)CN1C(=O)[C@@]2(CC(=O)Nc3[nH]ncc32)c2ccccc21. The van der Waals surface area contributed by atoms with E-state index >= 15 is 0 Å². The van der Waals surface area contributed by atoms with Gasteiger partial charge in [0.2, 0.25) is 11.8 Å². The maximum atomic E-state index is 13.4. The number of nitrogens with zero attached hydrogens (tertiary/aromatic N) is 2. The van der Waals surface area contributed by atoms with Crippen LogP contribution < -0.4 is 10.2 Å². The van der Waals surface area contributed by atoms with Crippen molar-refractivity contribution in [2.45, 2.75) is 18.8 Å². The van der Waals surface area contributed by atoms with Gasteiger partial charge in [-0.3, -0.25) is 24.4 Å². The van der Waals surface area contributed by atoms with Gasteiger partial charge in [-0.05, 0) is 18.6 Å². The summed E-state index contributed by atoms with van der Waals surface area (Å²) in [5.74, 6) is -0.676. The van der Waals surface area contributed by atoms with Crippen LogP contribution in [0.4, 0.5) is 11.5 Å². The minimum absolute atomic E-state index is 0.0330. The van der Waals surface area contributed by atoms with E-state index in [1.165, 1.54) is 4.90 Å². The third-order valence-corrected chi connectivity index (χ3v) is 4.65. The third-order valence-electron chi connectivity index (χ3n) is 4.65. The number of aromatic nitrogens is 2. The van der Waals surface area contributed by atoms with Gasteiger partial charge < -0.3 is 10.1 Å². The van der Waals surface area contributed by atoms with Crippen molar-refractivity contribution in [1.29, 1.82) is 0 Å². The molecule has 0 unspecified atom stereocenters. The molecule has 1 aromatic heterocycles. The van der Waals surface area contributed by atoms with Crippen LogP contribution in [-0.2, 0) is 24.5 Å². The number of para-hydroxylation sites is 1. The smallest absolute Gasteiger partial charge is 0.326 e. The van der Waals surface area contributed by atoms with Gasteiger partial charge in [0.05, 0.1) is 12.8 Å². The standard InChI is InChI=1S/C17H16N4O4/c1-2-25-14(23)9-21-12-6-4-3-5-10(12)17(16(21)24)7-13(22)19-15-11(17)8-18-20-15/h3-6,8H,2,7,9H2,1H3,(H2,18,19,20,22)/t17-/m0/s1. The van der Waals surface area contributed by atoms with Crippen LogP contribution in [0, 0.1) is 0 Å². The van der Waals surface area contributed by atoms with Crippen molar-refractivity contribution in [3.05, 3.63) is 41.6 Å². The fourth-order valence-electron chi connectivity index (χ4n) is 3.67. The number of benzene rings is 1. The van der Waals surface area contributed by atoms with Crippen LogP contribution in [0.2, 0.25) is 0 Å². The summed E-state index contributed by atoms with van der Waals surface area (Å²) in [6, 6.07) is 7.19. The fourth-order valence-corrected chi connectivity index (χ4v) is 3.67. The molecular weight excluding hydrogens is 324 g/mol. The number of carbonyl (C=O) groups excluding carboxylic acids is 3. The molecule has 0 saturated carbocycles. The van der Waals surface area contributed by atoms with Crippen LogP contribution in [0.5, 0.6) is 0 Å². The van der Waals surface area contributed by atoms with E-state index in [4.69, 9.17) is 4.74 Å². The molecule has 2 N–H and O–H groups in total. The Morgan fingerprint density at radius 1 is 1.32 bits per heavy atom. The van der Waals surface area contributed by atoms with Crippen molar-refractivity contribution in [3.63, 3.8) is 0 Å². The van der Waals surface area contributed by atoms with E-state index in [0.29, 0.717) is 22.6 Å². The summed E-state index contributed by atoms with van der Waals surface area (Å²) in [4.78, 5) is 39.0. The lowest BCUT2D eigenvalue weighted by molar-refractivity contribution is -0.142. The predicted octanol–water partition coefficient (Wildman–Crippen LogP) is 0.948. The molecule has 2 aliphatic rings. The molecule has 2 aliphatic heterocycles. The van der Waals surface area contributed by atoms with Gasteiger partial charge in [0, 0.05) is 17.7 Å². The maximum Gasteiger partial charge on any atom is 0.326 e. The molecule has 1 atom stereocenters. The zero-order valence-electron chi connectivity index (χ0n) is 13.5. The topological polar surface area (TPSA) is 104 Å². The average Bonchev–Trinajstić information content (AvgIpc) is 3.14. The highest BCUT2D eigenvalue weighted by Crippen LogP contribution is 2.51. The first-order chi connectivity index (χ1) is 12.1. The first kappa shape index (κ1) is 15.4. The third kappa shape index (κ3) is 2.07. The Hall–Kier alpha value is -3.16. The average molecular weight is 340 g/mol. The second-order valence-corrected chi connectivity index (χ2v) is 6.00. The Morgan fingerprint density at radius 2 is 2.12 bits per heavy atom. The van der Waals surface area contributed by atoms with Gasteiger partial charge in [-0.1, -0.05) is 18.2 Å². The number of anilines is 2. The molecule has 3 heterocycles. The number of H-pyrrole nitrogens is 1. The van der Waals surface area contributed by atoms with Crippen molar-refractivity contribution in [1.82, 2.24) is 10.2 Å². The molecule has 128 valence electrons. The Labute approximate surface area is 143 Å². The van der Waals surface area contributed by atoms with Gasteiger partial charge in [-0.2, -0.15) is 5.10 Å². The number of esters is 1. The molecule has 1 spiro atoms. The Kier molecular flexibility index (Phi) is 3.34. The number of hydrogen-bond donors (Lipinski definition) is 2. The first-order valence-electron chi connectivity index (χ1n) is 7.98. The summed E-state index contributed by atoms with van der Waals surface area (Å²) in [5, 5.41) is 9.40. The van der Waals surface area contributed by atoms with Crippen LogP contribution in [0.15, 0.2) is 30.5 Å². The predicted molar refractivity (Wildman–Crippen MR) is 88.0 cm³/mol. The number of rotatable bonds is 3. The second kappa shape index (κ2) is 5.44. The van der Waals surface area contributed by atoms with E-state index in [1.54, 1.807) is 25.3 Å². The Bertz CT molecular complexity index is 890. The molecular formula is C17H16N4O4. The van der Waals surface area contributed by atoms with Gasteiger partial charge >= 0.3 is 5.97 Å². The summed E-state index contributed by atoms with van der Waals surface area (Å²) in [6.45, 7) is 1.75. The molecule has 4 rings (SSSR count). The van der Waals surface area contributed by atoms with E-state index in [1.807, 2.05) is 12.1 Å². The highest BCUT2D eigenvalue weighted by Gasteiger charge is 2.56. The summed E-state index contributed by atoms with van der Waals surface area (Å²) < 4.78 is 4.99. The largest absolute Gasteiger partial charge is 0.465 e. The number of amides is 2. The molecule has 8 heteroatoms. The van der Waals surface area contributed by atoms with Crippen molar-refractivity contribution in [3.8, 4) is 0 Å². The maximum absolute atomic E-state index is 13.4. The van der Waals surface area contributed by atoms with E-state index in [9.17, 15) is 14.4 Å². The quantitative estimate of drug-likeness (QED) is 0.810. The molecule has 0 radical (unpaired) electrons. The van der Waals surface area contributed by atoms with E-state index < -0.39 is 11.4 Å². The highest BCUT2D eigenvalue weighted by molar-refractivity contribution is 6.16. The van der Waals surface area contributed by atoms with Crippen LogP contribution in [0.25, 0.3) is 0 Å². The Balaban J connectivity index is 1.87. The highest BCUT2D eigenvalue weighted by atomic mass is 16.5. The first-order valence-corrected chi connectivity index (χ1v) is 7.98. The normalized spacial score (nSPS) is 21.1. The number of carbonyl (C=O) groups is 3. The van der Waals surface area contributed by atoms with Crippen LogP contribution in [0.3, 0.4) is 0 Å². The van der Waals surface area contributed by atoms with E-state index in [-0.39, 0.29) is 31.4 Å². The summed E-state index contributed by atoms with van der Waals surface area (Å²) >= 11 is 0. The van der Waals surface area contributed by atoms with Crippen molar-refractivity contribution >= 4 is 29.3 Å². The summed E-state index contributed by atoms with van der Waals surface area (Å²) in [7, 11) is 0. The van der Waals surface area contributed by atoms with Gasteiger partial charge in [-0.15, -0.1) is 0 Å².